The number of aromatic nitrogens is 2. The van der Waals surface area contributed by atoms with E-state index in [2.05, 4.69) is 31.9 Å². The van der Waals surface area contributed by atoms with Crippen molar-refractivity contribution >= 4 is 50.7 Å². The van der Waals surface area contributed by atoms with E-state index in [9.17, 15) is 9.59 Å². The molecule has 0 spiro atoms. The first-order chi connectivity index (χ1) is 12.8. The largest absolute Gasteiger partial charge is 0.279 e. The molecule has 0 atom stereocenters. The summed E-state index contributed by atoms with van der Waals surface area (Å²) in [6.07, 6.45) is 0.111. The van der Waals surface area contributed by atoms with E-state index in [1.165, 1.54) is 11.3 Å². The van der Waals surface area contributed by atoms with Gasteiger partial charge in [-0.25, -0.2) is 4.68 Å². The molecule has 6 nitrogen and oxygen atoms in total. The van der Waals surface area contributed by atoms with Crippen molar-refractivity contribution in [2.75, 3.05) is 0 Å². The van der Waals surface area contributed by atoms with E-state index < -0.39 is 0 Å². The first-order valence-electron chi connectivity index (χ1n) is 8.00. The second-order valence-corrected chi connectivity index (χ2v) is 8.72. The van der Waals surface area contributed by atoms with Crippen molar-refractivity contribution in [2.24, 2.45) is 0 Å². The average Bonchev–Trinajstić information content (AvgIpc) is 3.19. The van der Waals surface area contributed by atoms with Crippen LogP contribution in [0.1, 0.15) is 26.6 Å². The van der Waals surface area contributed by atoms with Crippen molar-refractivity contribution in [1.29, 1.82) is 0 Å². The summed E-state index contributed by atoms with van der Waals surface area (Å²) in [6, 6.07) is 10.8. The minimum Gasteiger partial charge on any atom is -0.273 e. The second kappa shape index (κ2) is 8.24. The normalized spacial score (nSPS) is 10.7. The van der Waals surface area contributed by atoms with Gasteiger partial charge in [0, 0.05) is 16.3 Å². The highest BCUT2D eigenvalue weighted by molar-refractivity contribution is 9.11. The Morgan fingerprint density at radius 3 is 2.48 bits per heavy atom. The number of thiophene rings is 1. The number of hydrazine groups is 1. The van der Waals surface area contributed by atoms with Crippen molar-refractivity contribution in [1.82, 2.24) is 20.6 Å². The van der Waals surface area contributed by atoms with Crippen LogP contribution in [0.2, 0.25) is 5.02 Å². The van der Waals surface area contributed by atoms with Crippen LogP contribution in [0.15, 0.2) is 40.2 Å². The number of hydrogen-bond acceptors (Lipinski definition) is 4. The number of nitrogens with one attached hydrogen (secondary N) is 2. The number of halogens is 2. The number of nitrogens with zero attached hydrogens (tertiary/aromatic N) is 2. The lowest BCUT2D eigenvalue weighted by atomic mass is 10.1. The fourth-order valence-corrected chi connectivity index (χ4v) is 4.00. The molecule has 0 unspecified atom stereocenters. The predicted octanol–water partition coefficient (Wildman–Crippen LogP) is 3.97. The van der Waals surface area contributed by atoms with E-state index in [1.54, 1.807) is 28.9 Å². The molecule has 0 aliphatic carbocycles. The molecule has 27 heavy (non-hydrogen) atoms. The van der Waals surface area contributed by atoms with Gasteiger partial charge >= 0.3 is 0 Å². The first-order valence-corrected chi connectivity index (χ1v) is 9.99. The van der Waals surface area contributed by atoms with Gasteiger partial charge in [-0.05, 0) is 66.2 Å². The lowest BCUT2D eigenvalue weighted by Gasteiger charge is -2.07. The smallest absolute Gasteiger partial charge is 0.273 e. The molecule has 2 heterocycles. The van der Waals surface area contributed by atoms with Crippen LogP contribution >= 0.6 is 38.9 Å². The van der Waals surface area contributed by atoms with Gasteiger partial charge in [-0.2, -0.15) is 5.10 Å². The van der Waals surface area contributed by atoms with Crippen LogP contribution in [0.3, 0.4) is 0 Å². The van der Waals surface area contributed by atoms with Crippen LogP contribution in [-0.4, -0.2) is 21.6 Å². The van der Waals surface area contributed by atoms with E-state index in [4.69, 9.17) is 11.6 Å². The second-order valence-electron chi connectivity index (χ2n) is 5.82. The number of carbonyl (C=O) groups is 2. The maximum Gasteiger partial charge on any atom is 0.279 e. The molecule has 2 amide bonds. The highest BCUT2D eigenvalue weighted by Crippen LogP contribution is 2.22. The van der Waals surface area contributed by atoms with Gasteiger partial charge in [-0.1, -0.05) is 11.6 Å². The monoisotopic (exact) mass is 466 g/mol. The Morgan fingerprint density at radius 2 is 1.85 bits per heavy atom. The van der Waals surface area contributed by atoms with Crippen molar-refractivity contribution in [3.63, 3.8) is 0 Å². The molecule has 2 N–H and O–H groups in total. The summed E-state index contributed by atoms with van der Waals surface area (Å²) < 4.78 is 2.62. The molecular weight excluding hydrogens is 452 g/mol. The fourth-order valence-electron chi connectivity index (χ4n) is 2.59. The Bertz CT molecular complexity index is 997. The topological polar surface area (TPSA) is 76.0 Å². The summed E-state index contributed by atoms with van der Waals surface area (Å²) in [4.78, 5) is 24.8. The van der Waals surface area contributed by atoms with Gasteiger partial charge in [-0.3, -0.25) is 20.4 Å². The third-order valence-corrected chi connectivity index (χ3v) is 5.84. The Hall–Kier alpha value is -2.16. The molecule has 3 rings (SSSR count). The predicted molar refractivity (Wildman–Crippen MR) is 109 cm³/mol. The summed E-state index contributed by atoms with van der Waals surface area (Å²) in [5.41, 5.74) is 8.17. The van der Waals surface area contributed by atoms with Crippen LogP contribution in [0.25, 0.3) is 5.69 Å². The van der Waals surface area contributed by atoms with E-state index in [0.29, 0.717) is 9.90 Å². The van der Waals surface area contributed by atoms with E-state index in [0.717, 1.165) is 26.4 Å². The highest BCUT2D eigenvalue weighted by Gasteiger charge is 2.17. The molecule has 9 heteroatoms. The number of rotatable bonds is 4. The van der Waals surface area contributed by atoms with Gasteiger partial charge in [-0.15, -0.1) is 11.3 Å². The zero-order chi connectivity index (χ0) is 19.6. The summed E-state index contributed by atoms with van der Waals surface area (Å²) >= 11 is 10.5. The SMILES string of the molecule is Cc1nn(-c2ccc(Cl)cc2)c(C)c1CC(=O)NNC(=O)c1ccc(Br)s1. The van der Waals surface area contributed by atoms with Crippen LogP contribution in [0.5, 0.6) is 0 Å². The Balaban J connectivity index is 1.67. The Labute approximate surface area is 173 Å². The fraction of sp³-hybridized carbons (Fsp3) is 0.167. The van der Waals surface area contributed by atoms with Crippen LogP contribution in [-0.2, 0) is 11.2 Å². The van der Waals surface area contributed by atoms with Crippen molar-refractivity contribution < 1.29 is 9.59 Å². The van der Waals surface area contributed by atoms with Gasteiger partial charge in [0.1, 0.15) is 0 Å². The third kappa shape index (κ3) is 4.58. The lowest BCUT2D eigenvalue weighted by Crippen LogP contribution is -2.42. The van der Waals surface area contributed by atoms with Crippen LogP contribution in [0, 0.1) is 13.8 Å². The summed E-state index contributed by atoms with van der Waals surface area (Å²) in [5, 5.41) is 5.16. The maximum absolute atomic E-state index is 12.3. The van der Waals surface area contributed by atoms with Crippen LogP contribution in [0.4, 0.5) is 0 Å². The maximum atomic E-state index is 12.3. The van der Waals surface area contributed by atoms with Gasteiger partial charge in [0.15, 0.2) is 0 Å². The zero-order valence-electron chi connectivity index (χ0n) is 14.5. The van der Waals surface area contributed by atoms with Gasteiger partial charge in [0.25, 0.3) is 5.91 Å². The zero-order valence-corrected chi connectivity index (χ0v) is 17.7. The average molecular weight is 468 g/mol. The van der Waals surface area contributed by atoms with Gasteiger partial charge < -0.3 is 0 Å². The number of carbonyl (C=O) groups excluding carboxylic acids is 2. The van der Waals surface area contributed by atoms with Crippen molar-refractivity contribution in [3.05, 3.63) is 67.0 Å². The number of aryl methyl sites for hydroxylation is 1. The standard InChI is InChI=1S/C18H16BrClN4O2S/c1-10-14(11(2)24(23-10)13-5-3-12(20)4-6-13)9-17(25)21-22-18(26)15-7-8-16(19)27-15/h3-8H,9H2,1-2H3,(H,21,25)(H,22,26). The first kappa shape index (κ1) is 19.6. The summed E-state index contributed by atoms with van der Waals surface area (Å²) in [6.45, 7) is 3.75. The number of benzene rings is 1. The molecule has 3 aromatic rings. The van der Waals surface area contributed by atoms with Crippen LogP contribution < -0.4 is 10.9 Å². The summed E-state index contributed by atoms with van der Waals surface area (Å²) in [7, 11) is 0. The quantitative estimate of drug-likeness (QED) is 0.570. The molecule has 0 saturated carbocycles. The molecule has 0 aliphatic heterocycles. The number of hydrogen-bond donors (Lipinski definition) is 2. The molecule has 0 radical (unpaired) electrons. The van der Waals surface area contributed by atoms with E-state index in [-0.39, 0.29) is 18.2 Å². The minimum atomic E-state index is -0.357. The Kier molecular flexibility index (Phi) is 5.98. The lowest BCUT2D eigenvalue weighted by molar-refractivity contribution is -0.121. The molecule has 0 bridgehead atoms. The van der Waals surface area contributed by atoms with Gasteiger partial charge in [0.05, 0.1) is 26.5 Å². The molecule has 0 aliphatic rings. The van der Waals surface area contributed by atoms with Crippen molar-refractivity contribution in [2.45, 2.75) is 20.3 Å². The molecule has 140 valence electrons. The molecular formula is C18H16BrClN4O2S. The van der Waals surface area contributed by atoms with E-state index in [1.807, 2.05) is 26.0 Å². The highest BCUT2D eigenvalue weighted by atomic mass is 79.9. The third-order valence-electron chi connectivity index (χ3n) is 3.96. The van der Waals surface area contributed by atoms with Gasteiger partial charge in [0.2, 0.25) is 5.91 Å². The Morgan fingerprint density at radius 1 is 1.15 bits per heavy atom. The molecule has 0 fully saturated rings. The minimum absolute atomic E-state index is 0.111. The molecule has 1 aromatic carbocycles. The number of amides is 2. The summed E-state index contributed by atoms with van der Waals surface area (Å²) in [5.74, 6) is -0.676. The van der Waals surface area contributed by atoms with E-state index >= 15 is 0 Å². The molecule has 0 saturated heterocycles. The van der Waals surface area contributed by atoms with Crippen molar-refractivity contribution in [3.8, 4) is 5.69 Å². The molecule has 2 aromatic heterocycles.